The first-order valence-electron chi connectivity index (χ1n) is 18.5. The fourth-order valence-electron chi connectivity index (χ4n) is 7.59. The monoisotopic (exact) mass is 702 g/mol. The molecule has 0 bridgehead atoms. The number of hydrogen-bond donors (Lipinski definition) is 0. The van der Waals surface area contributed by atoms with Gasteiger partial charge in [0.25, 0.3) is 0 Å². The highest BCUT2D eigenvalue weighted by Gasteiger charge is 2.17. The van der Waals surface area contributed by atoms with Gasteiger partial charge in [-0.2, -0.15) is 0 Å². The van der Waals surface area contributed by atoms with Gasteiger partial charge < -0.3 is 4.90 Å². The van der Waals surface area contributed by atoms with Crippen molar-refractivity contribution in [3.63, 3.8) is 0 Å². The van der Waals surface area contributed by atoms with Crippen LogP contribution in [0.25, 0.3) is 77.6 Å². The summed E-state index contributed by atoms with van der Waals surface area (Å²) in [5.41, 5.74) is 10.9. The van der Waals surface area contributed by atoms with Crippen molar-refractivity contribution in [1.82, 2.24) is 15.0 Å². The summed E-state index contributed by atoms with van der Waals surface area (Å²) in [7, 11) is 0. The van der Waals surface area contributed by atoms with E-state index in [-0.39, 0.29) is 0 Å². The smallest absolute Gasteiger partial charge is 0.160 e. The second-order valence-corrected chi connectivity index (χ2v) is 13.6. The number of para-hydroxylation sites is 2. The lowest BCUT2D eigenvalue weighted by atomic mass is 9.94. The van der Waals surface area contributed by atoms with E-state index >= 15 is 0 Å². The number of pyridine rings is 1. The highest BCUT2D eigenvalue weighted by atomic mass is 15.1. The summed E-state index contributed by atoms with van der Waals surface area (Å²) in [6.07, 6.45) is 0. The second-order valence-electron chi connectivity index (χ2n) is 13.6. The van der Waals surface area contributed by atoms with Crippen LogP contribution in [0.2, 0.25) is 0 Å². The molecule has 258 valence electrons. The molecular formula is C51H34N4. The van der Waals surface area contributed by atoms with E-state index in [4.69, 9.17) is 15.0 Å². The average Bonchev–Trinajstić information content (AvgIpc) is 3.27. The number of fused-ring (bicyclic) bond motifs is 5. The highest BCUT2D eigenvalue weighted by Crippen LogP contribution is 2.40. The van der Waals surface area contributed by atoms with Crippen molar-refractivity contribution in [2.75, 3.05) is 4.90 Å². The lowest BCUT2D eigenvalue weighted by Crippen LogP contribution is -2.09. The van der Waals surface area contributed by atoms with Gasteiger partial charge in [0.2, 0.25) is 0 Å². The van der Waals surface area contributed by atoms with Gasteiger partial charge in [-0.25, -0.2) is 15.0 Å². The van der Waals surface area contributed by atoms with Crippen molar-refractivity contribution in [3.8, 4) is 45.2 Å². The van der Waals surface area contributed by atoms with Crippen LogP contribution in [-0.2, 0) is 0 Å². The van der Waals surface area contributed by atoms with Crippen molar-refractivity contribution in [1.29, 1.82) is 0 Å². The number of benzene rings is 8. The molecule has 0 aliphatic rings. The largest absolute Gasteiger partial charge is 0.311 e. The van der Waals surface area contributed by atoms with E-state index in [2.05, 4.69) is 175 Å². The van der Waals surface area contributed by atoms with E-state index in [1.807, 2.05) is 36.4 Å². The van der Waals surface area contributed by atoms with Gasteiger partial charge in [-0.05, 0) is 59.3 Å². The predicted molar refractivity (Wildman–Crippen MR) is 229 cm³/mol. The lowest BCUT2D eigenvalue weighted by Gasteiger charge is -2.25. The van der Waals surface area contributed by atoms with Gasteiger partial charge in [-0.15, -0.1) is 0 Å². The van der Waals surface area contributed by atoms with E-state index in [1.54, 1.807) is 0 Å². The van der Waals surface area contributed by atoms with Gasteiger partial charge >= 0.3 is 0 Å². The van der Waals surface area contributed by atoms with Gasteiger partial charge in [0.05, 0.1) is 22.6 Å². The maximum atomic E-state index is 5.46. The van der Waals surface area contributed by atoms with Crippen molar-refractivity contribution in [2.45, 2.75) is 0 Å². The van der Waals surface area contributed by atoms with Crippen molar-refractivity contribution >= 4 is 49.5 Å². The third-order valence-electron chi connectivity index (χ3n) is 10.2. The minimum Gasteiger partial charge on any atom is -0.311 e. The Hall–Kier alpha value is -7.43. The molecule has 8 aromatic carbocycles. The molecule has 0 saturated heterocycles. The highest BCUT2D eigenvalue weighted by molar-refractivity contribution is 6.22. The maximum Gasteiger partial charge on any atom is 0.160 e. The summed E-state index contributed by atoms with van der Waals surface area (Å²) in [6.45, 7) is 0. The van der Waals surface area contributed by atoms with Crippen molar-refractivity contribution in [3.05, 3.63) is 206 Å². The van der Waals surface area contributed by atoms with E-state index < -0.39 is 0 Å². The first-order valence-corrected chi connectivity index (χ1v) is 18.5. The molecule has 10 aromatic rings. The summed E-state index contributed by atoms with van der Waals surface area (Å²) >= 11 is 0. The fraction of sp³-hybridized carbons (Fsp3) is 0. The molecule has 0 aliphatic carbocycles. The van der Waals surface area contributed by atoms with Crippen LogP contribution >= 0.6 is 0 Å². The van der Waals surface area contributed by atoms with Crippen LogP contribution in [0.15, 0.2) is 206 Å². The van der Waals surface area contributed by atoms with E-state index in [0.717, 1.165) is 72.7 Å². The second kappa shape index (κ2) is 13.8. The number of nitrogens with zero attached hydrogens (tertiary/aromatic N) is 4. The van der Waals surface area contributed by atoms with Gasteiger partial charge in [-0.3, -0.25) is 0 Å². The molecule has 0 fully saturated rings. The summed E-state index contributed by atoms with van der Waals surface area (Å²) in [5, 5.41) is 5.83. The van der Waals surface area contributed by atoms with Crippen LogP contribution in [0.3, 0.4) is 0 Å². The normalized spacial score (nSPS) is 11.3. The lowest BCUT2D eigenvalue weighted by molar-refractivity contribution is 1.18. The van der Waals surface area contributed by atoms with Crippen LogP contribution in [0.4, 0.5) is 17.1 Å². The minimum atomic E-state index is 0.690. The third-order valence-corrected chi connectivity index (χ3v) is 10.2. The predicted octanol–water partition coefficient (Wildman–Crippen LogP) is 13.5. The van der Waals surface area contributed by atoms with Crippen LogP contribution in [-0.4, -0.2) is 15.0 Å². The SMILES string of the molecule is c1ccc(-c2cc(-c3ccc4c(c3)nc(-c3ccc(N(c5ccccc5)c5ccccc5)cc3)c3ccc5ccccc5c34)nc(-c3ccccc3)n2)cc1. The molecule has 0 atom stereocenters. The molecular weight excluding hydrogens is 669 g/mol. The Morgan fingerprint density at radius 3 is 1.53 bits per heavy atom. The molecule has 0 saturated carbocycles. The first-order chi connectivity index (χ1) is 27.3. The molecule has 0 amide bonds. The van der Waals surface area contributed by atoms with E-state index in [0.29, 0.717) is 5.82 Å². The molecule has 0 spiro atoms. The van der Waals surface area contributed by atoms with Crippen LogP contribution in [0.1, 0.15) is 0 Å². The zero-order chi connectivity index (χ0) is 36.6. The Morgan fingerprint density at radius 1 is 0.327 bits per heavy atom. The van der Waals surface area contributed by atoms with Gasteiger partial charge in [-0.1, -0.05) is 158 Å². The topological polar surface area (TPSA) is 41.9 Å². The number of hydrogen-bond acceptors (Lipinski definition) is 4. The maximum absolute atomic E-state index is 5.46. The number of aromatic nitrogens is 3. The molecule has 0 unspecified atom stereocenters. The summed E-state index contributed by atoms with van der Waals surface area (Å²) in [4.78, 5) is 17.9. The fourth-order valence-corrected chi connectivity index (χ4v) is 7.59. The Balaban J connectivity index is 1.15. The molecule has 0 radical (unpaired) electrons. The minimum absolute atomic E-state index is 0.690. The molecule has 0 aliphatic heterocycles. The molecule has 2 heterocycles. The van der Waals surface area contributed by atoms with Gasteiger partial charge in [0.1, 0.15) is 0 Å². The van der Waals surface area contributed by atoms with Crippen LogP contribution in [0, 0.1) is 0 Å². The molecule has 10 rings (SSSR count). The summed E-state index contributed by atoms with van der Waals surface area (Å²) in [6, 6.07) is 72.0. The zero-order valence-corrected chi connectivity index (χ0v) is 29.9. The van der Waals surface area contributed by atoms with E-state index in [1.165, 1.54) is 16.2 Å². The third kappa shape index (κ3) is 6.06. The summed E-state index contributed by atoms with van der Waals surface area (Å²) < 4.78 is 0. The van der Waals surface area contributed by atoms with Crippen LogP contribution < -0.4 is 4.90 Å². The average molecular weight is 703 g/mol. The zero-order valence-electron chi connectivity index (χ0n) is 29.9. The summed E-state index contributed by atoms with van der Waals surface area (Å²) in [5.74, 6) is 0.690. The molecule has 0 N–H and O–H groups in total. The Bertz CT molecular complexity index is 2850. The van der Waals surface area contributed by atoms with E-state index in [9.17, 15) is 0 Å². The van der Waals surface area contributed by atoms with Gasteiger partial charge in [0, 0.05) is 55.5 Å². The number of rotatable bonds is 7. The molecule has 4 nitrogen and oxygen atoms in total. The van der Waals surface area contributed by atoms with Crippen LogP contribution in [0.5, 0.6) is 0 Å². The quantitative estimate of drug-likeness (QED) is 0.155. The Morgan fingerprint density at radius 2 is 0.855 bits per heavy atom. The molecule has 4 heteroatoms. The first kappa shape index (κ1) is 32.2. The Kier molecular flexibility index (Phi) is 8.12. The standard InChI is InChI=1S/C51H34N4/c1-5-16-36(17-6-1)46-34-47(54-51(53-46)38-18-7-2-8-19-38)39-28-31-44-48(33-39)52-50(45-32-27-35-15-13-14-24-43(35)49(44)45)37-25-29-42(30-26-37)55(40-20-9-3-10-21-40)41-22-11-4-12-23-41/h1-34H. The Labute approximate surface area is 319 Å². The molecule has 55 heavy (non-hydrogen) atoms. The molecule has 2 aromatic heterocycles. The van der Waals surface area contributed by atoms with Crippen molar-refractivity contribution < 1.29 is 0 Å². The van der Waals surface area contributed by atoms with Gasteiger partial charge in [0.15, 0.2) is 5.82 Å². The number of anilines is 3. The van der Waals surface area contributed by atoms with Crippen molar-refractivity contribution in [2.24, 2.45) is 0 Å².